The number of benzene rings is 2. The van der Waals surface area contributed by atoms with Crippen LogP contribution >= 0.6 is 0 Å². The highest BCUT2D eigenvalue weighted by molar-refractivity contribution is 5.93. The molecule has 29 heavy (non-hydrogen) atoms. The molecule has 5 heteroatoms. The lowest BCUT2D eigenvalue weighted by Crippen LogP contribution is -2.34. The molecule has 5 nitrogen and oxygen atoms in total. The summed E-state index contributed by atoms with van der Waals surface area (Å²) < 4.78 is 1.30. The van der Waals surface area contributed by atoms with Gasteiger partial charge < -0.3 is 5.32 Å². The maximum atomic E-state index is 13.0. The molecule has 0 radical (unpaired) electrons. The maximum Gasteiger partial charge on any atom is 0.267 e. The SMILES string of the molecule is CCc1cccc(NC(=O)[C@H](CC)n2nc(-c3cc(C)ccc3C)ccc2=O)c1. The Labute approximate surface area is 171 Å². The minimum atomic E-state index is -0.683. The van der Waals surface area contributed by atoms with Gasteiger partial charge in [-0.2, -0.15) is 5.10 Å². The molecule has 1 N–H and O–H groups in total. The van der Waals surface area contributed by atoms with Crippen LogP contribution in [0.15, 0.2) is 59.4 Å². The third-order valence-corrected chi connectivity index (χ3v) is 5.08. The van der Waals surface area contributed by atoms with Gasteiger partial charge in [-0.05, 0) is 62.1 Å². The van der Waals surface area contributed by atoms with Crippen LogP contribution in [0.3, 0.4) is 0 Å². The normalized spacial score (nSPS) is 11.9. The van der Waals surface area contributed by atoms with Gasteiger partial charge in [0.05, 0.1) is 5.69 Å². The van der Waals surface area contributed by atoms with Crippen LogP contribution in [0, 0.1) is 13.8 Å². The molecule has 0 saturated carbocycles. The van der Waals surface area contributed by atoms with E-state index in [2.05, 4.69) is 17.3 Å². The molecule has 0 spiro atoms. The van der Waals surface area contributed by atoms with Crippen LogP contribution < -0.4 is 10.9 Å². The van der Waals surface area contributed by atoms with Crippen LogP contribution in [0.2, 0.25) is 0 Å². The fourth-order valence-corrected chi connectivity index (χ4v) is 3.37. The number of carbonyl (C=O) groups excluding carboxylic acids is 1. The number of rotatable bonds is 6. The molecule has 0 saturated heterocycles. The number of hydrogen-bond donors (Lipinski definition) is 1. The molecule has 0 aliphatic carbocycles. The van der Waals surface area contributed by atoms with Crippen molar-refractivity contribution in [2.45, 2.75) is 46.6 Å². The zero-order valence-corrected chi connectivity index (χ0v) is 17.4. The summed E-state index contributed by atoms with van der Waals surface area (Å²) in [5, 5.41) is 7.49. The first-order chi connectivity index (χ1) is 13.9. The molecule has 0 unspecified atom stereocenters. The molecule has 1 atom stereocenters. The Bertz CT molecular complexity index is 1090. The molecule has 0 bridgehead atoms. The van der Waals surface area contributed by atoms with Gasteiger partial charge in [0.25, 0.3) is 5.56 Å². The van der Waals surface area contributed by atoms with Crippen molar-refractivity contribution in [2.75, 3.05) is 5.32 Å². The topological polar surface area (TPSA) is 64.0 Å². The summed E-state index contributed by atoms with van der Waals surface area (Å²) in [6.07, 6.45) is 1.35. The van der Waals surface area contributed by atoms with Gasteiger partial charge in [0, 0.05) is 17.3 Å². The fraction of sp³-hybridized carbons (Fsp3) is 0.292. The van der Waals surface area contributed by atoms with Crippen molar-refractivity contribution in [1.82, 2.24) is 9.78 Å². The highest BCUT2D eigenvalue weighted by atomic mass is 16.2. The van der Waals surface area contributed by atoms with Crippen LogP contribution in [0.1, 0.15) is 43.0 Å². The molecule has 0 aliphatic heterocycles. The summed E-state index contributed by atoms with van der Waals surface area (Å²) in [6.45, 7) is 7.98. The van der Waals surface area contributed by atoms with Gasteiger partial charge in [-0.15, -0.1) is 0 Å². The largest absolute Gasteiger partial charge is 0.324 e. The Morgan fingerprint density at radius 2 is 1.86 bits per heavy atom. The van der Waals surface area contributed by atoms with Crippen molar-refractivity contribution in [3.05, 3.63) is 81.6 Å². The van der Waals surface area contributed by atoms with E-state index in [0.29, 0.717) is 12.1 Å². The molecule has 3 aromatic rings. The van der Waals surface area contributed by atoms with E-state index in [-0.39, 0.29) is 11.5 Å². The zero-order chi connectivity index (χ0) is 21.0. The zero-order valence-electron chi connectivity index (χ0n) is 17.4. The van der Waals surface area contributed by atoms with E-state index in [1.54, 1.807) is 6.07 Å². The summed E-state index contributed by atoms with van der Waals surface area (Å²) in [4.78, 5) is 25.5. The Morgan fingerprint density at radius 1 is 1.07 bits per heavy atom. The highest BCUT2D eigenvalue weighted by Gasteiger charge is 2.22. The Balaban J connectivity index is 1.95. The van der Waals surface area contributed by atoms with Crippen LogP contribution in [0.25, 0.3) is 11.3 Å². The smallest absolute Gasteiger partial charge is 0.267 e. The van der Waals surface area contributed by atoms with E-state index in [4.69, 9.17) is 0 Å². The first-order valence-corrected chi connectivity index (χ1v) is 10.00. The van der Waals surface area contributed by atoms with Crippen molar-refractivity contribution < 1.29 is 4.79 Å². The maximum absolute atomic E-state index is 13.0. The van der Waals surface area contributed by atoms with E-state index in [1.807, 2.05) is 63.2 Å². The molecule has 3 rings (SSSR count). The van der Waals surface area contributed by atoms with Gasteiger partial charge in [-0.25, -0.2) is 4.68 Å². The third-order valence-electron chi connectivity index (χ3n) is 5.08. The van der Waals surface area contributed by atoms with Crippen LogP contribution in [-0.4, -0.2) is 15.7 Å². The monoisotopic (exact) mass is 389 g/mol. The molecular formula is C24H27N3O2. The molecule has 0 fully saturated rings. The number of aromatic nitrogens is 2. The fourth-order valence-electron chi connectivity index (χ4n) is 3.37. The van der Waals surface area contributed by atoms with Gasteiger partial charge in [0.15, 0.2) is 0 Å². The lowest BCUT2D eigenvalue weighted by atomic mass is 10.0. The van der Waals surface area contributed by atoms with Crippen LogP contribution in [0.4, 0.5) is 5.69 Å². The van der Waals surface area contributed by atoms with Gasteiger partial charge in [-0.1, -0.05) is 43.7 Å². The van der Waals surface area contributed by atoms with Gasteiger partial charge in [-0.3, -0.25) is 9.59 Å². The first kappa shape index (κ1) is 20.5. The van der Waals surface area contributed by atoms with E-state index >= 15 is 0 Å². The van der Waals surface area contributed by atoms with Gasteiger partial charge in [0.1, 0.15) is 6.04 Å². The molecular weight excluding hydrogens is 362 g/mol. The average molecular weight is 389 g/mol. The van der Waals surface area contributed by atoms with Crippen molar-refractivity contribution in [3.63, 3.8) is 0 Å². The number of anilines is 1. The van der Waals surface area contributed by atoms with E-state index in [1.165, 1.54) is 10.7 Å². The summed E-state index contributed by atoms with van der Waals surface area (Å²) >= 11 is 0. The Kier molecular flexibility index (Phi) is 6.27. The quantitative estimate of drug-likeness (QED) is 0.666. The Hall–Kier alpha value is -3.21. The molecule has 2 aromatic carbocycles. The number of nitrogens with zero attached hydrogens (tertiary/aromatic N) is 2. The van der Waals surface area contributed by atoms with E-state index < -0.39 is 6.04 Å². The van der Waals surface area contributed by atoms with E-state index in [9.17, 15) is 9.59 Å². The van der Waals surface area contributed by atoms with Gasteiger partial charge >= 0.3 is 0 Å². The minimum absolute atomic E-state index is 0.242. The molecule has 1 amide bonds. The lowest BCUT2D eigenvalue weighted by molar-refractivity contribution is -0.119. The third kappa shape index (κ3) is 4.62. The number of amides is 1. The molecule has 1 aromatic heterocycles. The number of hydrogen-bond acceptors (Lipinski definition) is 3. The van der Waals surface area contributed by atoms with Crippen LogP contribution in [0.5, 0.6) is 0 Å². The second-order valence-corrected chi connectivity index (χ2v) is 7.29. The van der Waals surface area contributed by atoms with E-state index in [0.717, 1.165) is 34.4 Å². The van der Waals surface area contributed by atoms with Crippen LogP contribution in [-0.2, 0) is 11.2 Å². The second kappa shape index (κ2) is 8.86. The average Bonchev–Trinajstić information content (AvgIpc) is 2.72. The Morgan fingerprint density at radius 3 is 2.59 bits per heavy atom. The predicted molar refractivity (Wildman–Crippen MR) is 117 cm³/mol. The summed E-state index contributed by atoms with van der Waals surface area (Å²) in [5.41, 5.74) is 5.42. The number of aryl methyl sites for hydroxylation is 3. The summed E-state index contributed by atoms with van der Waals surface area (Å²) in [7, 11) is 0. The van der Waals surface area contributed by atoms with Crippen molar-refractivity contribution >= 4 is 11.6 Å². The molecule has 150 valence electrons. The second-order valence-electron chi connectivity index (χ2n) is 7.29. The minimum Gasteiger partial charge on any atom is -0.324 e. The number of nitrogens with one attached hydrogen (secondary N) is 1. The summed E-state index contributed by atoms with van der Waals surface area (Å²) in [5.74, 6) is -0.242. The van der Waals surface area contributed by atoms with Gasteiger partial charge in [0.2, 0.25) is 5.91 Å². The predicted octanol–water partition coefficient (Wildman–Crippen LogP) is 4.68. The highest BCUT2D eigenvalue weighted by Crippen LogP contribution is 2.23. The summed E-state index contributed by atoms with van der Waals surface area (Å²) in [6, 6.07) is 16.4. The lowest BCUT2D eigenvalue weighted by Gasteiger charge is -2.18. The first-order valence-electron chi connectivity index (χ1n) is 10.00. The molecule has 0 aliphatic rings. The van der Waals surface area contributed by atoms with Crippen molar-refractivity contribution in [2.24, 2.45) is 0 Å². The molecule has 1 heterocycles. The van der Waals surface area contributed by atoms with Crippen molar-refractivity contribution in [3.8, 4) is 11.3 Å². The number of carbonyl (C=O) groups is 1. The van der Waals surface area contributed by atoms with Crippen molar-refractivity contribution in [1.29, 1.82) is 0 Å². The standard InChI is InChI=1S/C24H27N3O2/c1-5-18-8-7-9-19(15-18)25-24(29)22(6-2)27-23(28)13-12-21(26-27)20-14-16(3)10-11-17(20)4/h7-15,22H,5-6H2,1-4H3,(H,25,29)/t22-/m0/s1.